The van der Waals surface area contributed by atoms with Crippen molar-refractivity contribution in [3.63, 3.8) is 0 Å². The van der Waals surface area contributed by atoms with E-state index in [-0.39, 0.29) is 28.7 Å². The van der Waals surface area contributed by atoms with Gasteiger partial charge < -0.3 is 15.2 Å². The topological polar surface area (TPSA) is 93.5 Å². The van der Waals surface area contributed by atoms with Gasteiger partial charge in [0.05, 0.1) is 5.02 Å². The van der Waals surface area contributed by atoms with E-state index in [2.05, 4.69) is 15.2 Å². The number of hydrogen-bond donors (Lipinski definition) is 2. The molecule has 2 aromatic rings. The van der Waals surface area contributed by atoms with Crippen molar-refractivity contribution in [3.05, 3.63) is 41.2 Å². The summed E-state index contributed by atoms with van der Waals surface area (Å²) in [4.78, 5) is 22.5. The number of hydrogen-bond acceptors (Lipinski definition) is 4. The molecule has 1 aromatic carbocycles. The number of aliphatic carboxylic acids is 1. The Hall–Kier alpha value is -2.68. The van der Waals surface area contributed by atoms with E-state index in [1.54, 1.807) is 0 Å². The number of rotatable bonds is 6. The lowest BCUT2D eigenvalue weighted by Crippen LogP contribution is -2.15. The quantitative estimate of drug-likeness (QED) is 0.839. The first-order chi connectivity index (χ1) is 10.8. The Morgan fingerprint density at radius 1 is 1.39 bits per heavy atom. The number of alkyl halides is 2. The zero-order valence-corrected chi connectivity index (χ0v) is 12.1. The number of nitrogens with one attached hydrogen (secondary N) is 1. The number of anilines is 1. The molecule has 1 amide bonds. The number of halogens is 3. The van der Waals surface area contributed by atoms with Gasteiger partial charge in [-0.05, 0) is 24.3 Å². The van der Waals surface area contributed by atoms with Crippen LogP contribution >= 0.6 is 11.6 Å². The summed E-state index contributed by atoms with van der Waals surface area (Å²) in [5.74, 6) is -1.92. The molecule has 2 N–H and O–H groups in total. The Morgan fingerprint density at radius 2 is 2.13 bits per heavy atom. The van der Waals surface area contributed by atoms with Gasteiger partial charge in [0.15, 0.2) is 5.69 Å². The van der Waals surface area contributed by atoms with E-state index in [0.717, 1.165) is 4.68 Å². The highest BCUT2D eigenvalue weighted by atomic mass is 35.5. The summed E-state index contributed by atoms with van der Waals surface area (Å²) in [5.41, 5.74) is 0.240. The molecule has 1 heterocycles. The van der Waals surface area contributed by atoms with Gasteiger partial charge in [0.1, 0.15) is 12.3 Å². The van der Waals surface area contributed by atoms with Gasteiger partial charge in [0.2, 0.25) is 0 Å². The van der Waals surface area contributed by atoms with Crippen LogP contribution in [0.15, 0.2) is 30.5 Å². The van der Waals surface area contributed by atoms with Crippen LogP contribution in [0.5, 0.6) is 5.75 Å². The summed E-state index contributed by atoms with van der Waals surface area (Å²) in [5, 5.41) is 14.8. The third kappa shape index (κ3) is 4.65. The molecule has 1 aromatic heterocycles. The maximum absolute atomic E-state index is 12.1. The van der Waals surface area contributed by atoms with Gasteiger partial charge >= 0.3 is 12.6 Å². The number of amides is 1. The van der Waals surface area contributed by atoms with Crippen molar-refractivity contribution in [1.29, 1.82) is 0 Å². The van der Waals surface area contributed by atoms with Crippen LogP contribution in [0.1, 0.15) is 10.5 Å². The molecule has 0 aliphatic carbocycles. The minimum Gasteiger partial charge on any atom is -0.480 e. The standard InChI is InChI=1S/C13H10ClF2N3O4/c14-8-5-7(1-2-10(8)23-13(15)16)17-12(22)9-3-4-19(18-9)6-11(20)21/h1-5,13H,6H2,(H,17,22)(H,20,21). The number of benzene rings is 1. The first-order valence-electron chi connectivity index (χ1n) is 6.16. The lowest BCUT2D eigenvalue weighted by atomic mass is 10.3. The molecule has 0 spiro atoms. The highest BCUT2D eigenvalue weighted by Crippen LogP contribution is 2.29. The maximum Gasteiger partial charge on any atom is 0.387 e. The minimum absolute atomic E-state index is 0.00437. The van der Waals surface area contributed by atoms with Crippen LogP contribution in [0.25, 0.3) is 0 Å². The molecule has 0 aliphatic heterocycles. The first kappa shape index (κ1) is 16.7. The maximum atomic E-state index is 12.1. The van der Waals surface area contributed by atoms with Crippen LogP contribution in [-0.2, 0) is 11.3 Å². The molecule has 7 nitrogen and oxygen atoms in total. The molecule has 23 heavy (non-hydrogen) atoms. The zero-order valence-electron chi connectivity index (χ0n) is 11.4. The molecule has 0 fully saturated rings. The molecule has 2 rings (SSSR count). The van der Waals surface area contributed by atoms with Gasteiger partial charge in [-0.1, -0.05) is 11.6 Å². The van der Waals surface area contributed by atoms with Crippen LogP contribution in [0, 0.1) is 0 Å². The average Bonchev–Trinajstić information content (AvgIpc) is 2.89. The molecule has 10 heteroatoms. The van der Waals surface area contributed by atoms with Gasteiger partial charge in [-0.25, -0.2) is 0 Å². The van der Waals surface area contributed by atoms with Crippen molar-refractivity contribution < 1.29 is 28.2 Å². The summed E-state index contributed by atoms with van der Waals surface area (Å²) >= 11 is 5.77. The van der Waals surface area contributed by atoms with Crippen molar-refractivity contribution in [3.8, 4) is 5.75 Å². The predicted molar refractivity (Wildman–Crippen MR) is 75.9 cm³/mol. The fraction of sp³-hybridized carbons (Fsp3) is 0.154. The van der Waals surface area contributed by atoms with E-state index in [0.29, 0.717) is 0 Å². The van der Waals surface area contributed by atoms with Crippen LogP contribution in [0.4, 0.5) is 14.5 Å². The lowest BCUT2D eigenvalue weighted by molar-refractivity contribution is -0.137. The molecule has 0 unspecified atom stereocenters. The number of carbonyl (C=O) groups excluding carboxylic acids is 1. The molecule has 0 bridgehead atoms. The second-order valence-corrected chi connectivity index (χ2v) is 4.68. The van der Waals surface area contributed by atoms with Crippen LogP contribution in [-0.4, -0.2) is 33.4 Å². The fourth-order valence-electron chi connectivity index (χ4n) is 1.67. The second-order valence-electron chi connectivity index (χ2n) is 4.27. The van der Waals surface area contributed by atoms with Crippen molar-refractivity contribution in [1.82, 2.24) is 9.78 Å². The van der Waals surface area contributed by atoms with E-state index < -0.39 is 18.5 Å². The van der Waals surface area contributed by atoms with Crippen molar-refractivity contribution in [2.24, 2.45) is 0 Å². The lowest BCUT2D eigenvalue weighted by Gasteiger charge is -2.09. The van der Waals surface area contributed by atoms with Gasteiger partial charge in [0.25, 0.3) is 5.91 Å². The Balaban J connectivity index is 2.06. The molecule has 0 aliphatic rings. The minimum atomic E-state index is -3.01. The summed E-state index contributed by atoms with van der Waals surface area (Å²) in [6.45, 7) is -3.38. The number of carboxylic acids is 1. The van der Waals surface area contributed by atoms with Gasteiger partial charge in [-0.2, -0.15) is 13.9 Å². The summed E-state index contributed by atoms with van der Waals surface area (Å²) in [6, 6.07) is 5.10. The van der Waals surface area contributed by atoms with Gasteiger partial charge in [-0.15, -0.1) is 0 Å². The molecule has 0 saturated heterocycles. The largest absolute Gasteiger partial charge is 0.480 e. The van der Waals surface area contributed by atoms with E-state index >= 15 is 0 Å². The van der Waals surface area contributed by atoms with Crippen LogP contribution in [0.3, 0.4) is 0 Å². The van der Waals surface area contributed by atoms with Crippen LogP contribution < -0.4 is 10.1 Å². The summed E-state index contributed by atoms with van der Waals surface area (Å²) in [6.07, 6.45) is 1.34. The molecule has 0 radical (unpaired) electrons. The molecular formula is C13H10ClF2N3O4. The predicted octanol–water partition coefficient (Wildman–Crippen LogP) is 2.47. The van der Waals surface area contributed by atoms with Gasteiger partial charge in [0, 0.05) is 11.9 Å². The Morgan fingerprint density at radius 3 is 2.74 bits per heavy atom. The van der Waals surface area contributed by atoms with Crippen molar-refractivity contribution in [2.45, 2.75) is 13.2 Å². The highest BCUT2D eigenvalue weighted by molar-refractivity contribution is 6.32. The first-order valence-corrected chi connectivity index (χ1v) is 6.54. The Kier molecular flexibility index (Phi) is 5.12. The molecule has 122 valence electrons. The molecule has 0 saturated carbocycles. The highest BCUT2D eigenvalue weighted by Gasteiger charge is 2.13. The normalized spacial score (nSPS) is 10.6. The number of aromatic nitrogens is 2. The summed E-state index contributed by atoms with van der Waals surface area (Å²) in [7, 11) is 0. The Labute approximate surface area is 133 Å². The van der Waals surface area contributed by atoms with Crippen molar-refractivity contribution >= 4 is 29.2 Å². The van der Waals surface area contributed by atoms with E-state index in [1.807, 2.05) is 0 Å². The smallest absolute Gasteiger partial charge is 0.387 e. The fourth-order valence-corrected chi connectivity index (χ4v) is 1.90. The molecular weight excluding hydrogens is 336 g/mol. The average molecular weight is 346 g/mol. The van der Waals surface area contributed by atoms with Crippen LogP contribution in [0.2, 0.25) is 5.02 Å². The monoisotopic (exact) mass is 345 g/mol. The van der Waals surface area contributed by atoms with E-state index in [9.17, 15) is 18.4 Å². The zero-order chi connectivity index (χ0) is 17.0. The Bertz CT molecular complexity index is 736. The third-order valence-electron chi connectivity index (χ3n) is 2.58. The van der Waals surface area contributed by atoms with E-state index in [1.165, 1.54) is 30.5 Å². The number of nitrogens with zero attached hydrogens (tertiary/aromatic N) is 2. The van der Waals surface area contributed by atoms with E-state index in [4.69, 9.17) is 16.7 Å². The van der Waals surface area contributed by atoms with Gasteiger partial charge in [-0.3, -0.25) is 14.3 Å². The van der Waals surface area contributed by atoms with Crippen molar-refractivity contribution in [2.75, 3.05) is 5.32 Å². The third-order valence-corrected chi connectivity index (χ3v) is 2.87. The number of carbonyl (C=O) groups is 2. The SMILES string of the molecule is O=C(O)Cn1ccc(C(=O)Nc2ccc(OC(F)F)c(Cl)c2)n1. The number of carboxylic acid groups (broad SMARTS) is 1. The molecule has 0 atom stereocenters. The summed E-state index contributed by atoms with van der Waals surface area (Å²) < 4.78 is 29.5. The number of ether oxygens (including phenoxy) is 1. The second kappa shape index (κ2) is 7.05.